The summed E-state index contributed by atoms with van der Waals surface area (Å²) in [5.74, 6) is -0.700. The number of aliphatic carboxylic acids is 1. The number of unbranched alkanes of at least 4 members (excludes halogenated alkanes) is 1. The van der Waals surface area contributed by atoms with Gasteiger partial charge in [-0.25, -0.2) is 0 Å². The average Bonchev–Trinajstić information content (AvgIpc) is 2.12. The zero-order valence-corrected chi connectivity index (χ0v) is 8.49. The fourth-order valence-electron chi connectivity index (χ4n) is 1.47. The number of hydrogen-bond donors (Lipinski definition) is 1. The molecular weight excluding hydrogens is 175 g/mol. The maximum Gasteiger partial charge on any atom is 0.303 e. The van der Waals surface area contributed by atoms with Gasteiger partial charge in [0.15, 0.2) is 0 Å². The molecule has 0 saturated heterocycles. The smallest absolute Gasteiger partial charge is 0.303 e. The Hall–Kier alpha value is -1.25. The van der Waals surface area contributed by atoms with E-state index in [2.05, 4.69) is 26.0 Å². The van der Waals surface area contributed by atoms with E-state index in [4.69, 9.17) is 5.11 Å². The van der Waals surface area contributed by atoms with Crippen LogP contribution in [-0.2, 0) is 11.2 Å². The number of carboxylic acids is 1. The predicted octanol–water partition coefficient (Wildman–Crippen LogP) is 0.742. The Morgan fingerprint density at radius 1 is 1.36 bits per heavy atom. The molecule has 0 spiro atoms. The van der Waals surface area contributed by atoms with E-state index < -0.39 is 5.97 Å². The molecule has 0 amide bonds. The van der Waals surface area contributed by atoms with E-state index in [0.717, 1.165) is 19.3 Å². The topological polar surface area (TPSA) is 37.3 Å². The molecule has 0 saturated carbocycles. The van der Waals surface area contributed by atoms with Crippen LogP contribution in [-0.4, -0.2) is 18.9 Å². The van der Waals surface area contributed by atoms with Crippen molar-refractivity contribution in [2.24, 2.45) is 0 Å². The summed E-state index contributed by atoms with van der Waals surface area (Å²) in [6.07, 6.45) is 2.99. The Labute approximate surface area is 85.4 Å². The zero-order valence-electron chi connectivity index (χ0n) is 8.49. The maximum atomic E-state index is 10.3. The lowest BCUT2D eigenvalue weighted by Gasteiger charge is -2.01. The minimum atomic E-state index is -0.700. The highest BCUT2D eigenvalue weighted by Crippen LogP contribution is 2.04. The molecule has 0 bridgehead atoms. The molecule has 0 fully saturated rings. The van der Waals surface area contributed by atoms with E-state index in [1.165, 1.54) is 11.0 Å². The van der Waals surface area contributed by atoms with Gasteiger partial charge in [0.05, 0.1) is 0 Å². The van der Waals surface area contributed by atoms with Crippen molar-refractivity contribution in [1.29, 1.82) is 0 Å². The summed E-state index contributed by atoms with van der Waals surface area (Å²) in [6, 6.07) is 8.36. The van der Waals surface area contributed by atoms with Crippen molar-refractivity contribution < 1.29 is 9.90 Å². The summed E-state index contributed by atoms with van der Waals surface area (Å²) >= 11 is 0. The van der Waals surface area contributed by atoms with Crippen molar-refractivity contribution in [3.8, 4) is 0 Å². The predicted molar refractivity (Wildman–Crippen MR) is 59.8 cm³/mol. The normalized spacial score (nSPS) is 10.0. The molecular formula is C11H15BO2. The zero-order chi connectivity index (χ0) is 10.4. The van der Waals surface area contributed by atoms with Crippen molar-refractivity contribution in [2.75, 3.05) is 0 Å². The van der Waals surface area contributed by atoms with Crippen LogP contribution >= 0.6 is 0 Å². The fraction of sp³-hybridized carbons (Fsp3) is 0.364. The molecule has 0 atom stereocenters. The van der Waals surface area contributed by atoms with E-state index in [-0.39, 0.29) is 6.42 Å². The van der Waals surface area contributed by atoms with Crippen LogP contribution in [0.4, 0.5) is 0 Å². The second kappa shape index (κ2) is 5.48. The Bertz CT molecular complexity index is 310. The van der Waals surface area contributed by atoms with Crippen molar-refractivity contribution >= 4 is 19.3 Å². The summed E-state index contributed by atoms with van der Waals surface area (Å²) in [7, 11) is 2.07. The van der Waals surface area contributed by atoms with Gasteiger partial charge in [0.2, 0.25) is 0 Å². The maximum absolute atomic E-state index is 10.3. The SMILES string of the molecule is Bc1cccc(CCCCC(=O)O)c1. The molecule has 14 heavy (non-hydrogen) atoms. The van der Waals surface area contributed by atoms with Crippen molar-refractivity contribution in [3.63, 3.8) is 0 Å². The first-order chi connectivity index (χ1) is 6.68. The van der Waals surface area contributed by atoms with E-state index in [0.29, 0.717) is 0 Å². The first-order valence-electron chi connectivity index (χ1n) is 4.96. The lowest BCUT2D eigenvalue weighted by molar-refractivity contribution is -0.137. The number of carboxylic acid groups (broad SMARTS) is 1. The highest BCUT2D eigenvalue weighted by Gasteiger charge is 1.97. The highest BCUT2D eigenvalue weighted by molar-refractivity contribution is 6.32. The molecule has 3 heteroatoms. The monoisotopic (exact) mass is 190 g/mol. The first kappa shape index (κ1) is 10.8. The van der Waals surface area contributed by atoms with Crippen LogP contribution in [0.25, 0.3) is 0 Å². The standard InChI is InChI=1S/C11H15BO2/c12-10-6-3-5-9(8-10)4-1-2-7-11(13)14/h3,5-6,8H,1-2,4,7,12H2,(H,13,14). The minimum Gasteiger partial charge on any atom is -0.481 e. The van der Waals surface area contributed by atoms with Gasteiger partial charge in [0.1, 0.15) is 7.85 Å². The van der Waals surface area contributed by atoms with Gasteiger partial charge in [-0.1, -0.05) is 29.7 Å². The fourth-order valence-corrected chi connectivity index (χ4v) is 1.47. The van der Waals surface area contributed by atoms with E-state index in [1.54, 1.807) is 0 Å². The van der Waals surface area contributed by atoms with Gasteiger partial charge in [-0.2, -0.15) is 0 Å². The van der Waals surface area contributed by atoms with E-state index in [9.17, 15) is 4.79 Å². The Morgan fingerprint density at radius 3 is 2.79 bits per heavy atom. The molecule has 0 unspecified atom stereocenters. The van der Waals surface area contributed by atoms with Crippen LogP contribution in [0.15, 0.2) is 24.3 Å². The summed E-state index contributed by atoms with van der Waals surface area (Å²) in [4.78, 5) is 10.3. The Kier molecular flexibility index (Phi) is 4.24. The van der Waals surface area contributed by atoms with Gasteiger partial charge in [0.25, 0.3) is 0 Å². The van der Waals surface area contributed by atoms with Gasteiger partial charge < -0.3 is 5.11 Å². The molecule has 0 radical (unpaired) electrons. The third-order valence-corrected chi connectivity index (χ3v) is 2.19. The Balaban J connectivity index is 2.28. The molecule has 0 aromatic heterocycles. The number of aryl methyl sites for hydroxylation is 1. The van der Waals surface area contributed by atoms with E-state index in [1.807, 2.05) is 6.07 Å². The highest BCUT2D eigenvalue weighted by atomic mass is 16.4. The third-order valence-electron chi connectivity index (χ3n) is 2.19. The van der Waals surface area contributed by atoms with Gasteiger partial charge in [-0.05, 0) is 24.8 Å². The molecule has 0 heterocycles. The number of hydrogen-bond acceptors (Lipinski definition) is 1. The van der Waals surface area contributed by atoms with Gasteiger partial charge in [-0.15, -0.1) is 0 Å². The van der Waals surface area contributed by atoms with Crippen LogP contribution in [0.3, 0.4) is 0 Å². The largest absolute Gasteiger partial charge is 0.481 e. The summed E-state index contributed by atoms with van der Waals surface area (Å²) in [6.45, 7) is 0. The lowest BCUT2D eigenvalue weighted by atomic mass is 9.93. The minimum absolute atomic E-state index is 0.284. The molecule has 1 N–H and O–H groups in total. The lowest BCUT2D eigenvalue weighted by Crippen LogP contribution is -2.02. The van der Waals surface area contributed by atoms with Crippen LogP contribution in [0.2, 0.25) is 0 Å². The second-order valence-electron chi connectivity index (χ2n) is 3.59. The molecule has 74 valence electrons. The van der Waals surface area contributed by atoms with Crippen LogP contribution in [0.1, 0.15) is 24.8 Å². The number of carbonyl (C=O) groups is 1. The summed E-state index contributed by atoms with van der Waals surface area (Å²) in [5.41, 5.74) is 2.57. The second-order valence-corrected chi connectivity index (χ2v) is 3.59. The van der Waals surface area contributed by atoms with Crippen molar-refractivity contribution in [1.82, 2.24) is 0 Å². The van der Waals surface area contributed by atoms with Gasteiger partial charge in [0, 0.05) is 6.42 Å². The number of rotatable bonds is 5. The van der Waals surface area contributed by atoms with E-state index >= 15 is 0 Å². The Morgan fingerprint density at radius 2 is 2.14 bits per heavy atom. The molecule has 1 aromatic carbocycles. The van der Waals surface area contributed by atoms with Gasteiger partial charge >= 0.3 is 5.97 Å². The van der Waals surface area contributed by atoms with Gasteiger partial charge in [-0.3, -0.25) is 4.79 Å². The van der Waals surface area contributed by atoms with Crippen molar-refractivity contribution in [2.45, 2.75) is 25.7 Å². The van der Waals surface area contributed by atoms with Crippen LogP contribution in [0, 0.1) is 0 Å². The molecule has 0 aliphatic carbocycles. The average molecular weight is 190 g/mol. The van der Waals surface area contributed by atoms with Crippen molar-refractivity contribution in [3.05, 3.63) is 29.8 Å². The molecule has 1 aromatic rings. The number of benzene rings is 1. The molecule has 1 rings (SSSR count). The first-order valence-corrected chi connectivity index (χ1v) is 4.96. The summed E-state index contributed by atoms with van der Waals surface area (Å²) < 4.78 is 0. The van der Waals surface area contributed by atoms with Crippen LogP contribution < -0.4 is 5.46 Å². The molecule has 2 nitrogen and oxygen atoms in total. The third kappa shape index (κ3) is 4.12. The molecule has 0 aliphatic heterocycles. The molecule has 0 aliphatic rings. The quantitative estimate of drug-likeness (QED) is 0.549. The van der Waals surface area contributed by atoms with Crippen LogP contribution in [0.5, 0.6) is 0 Å². The summed E-state index contributed by atoms with van der Waals surface area (Å²) in [5, 5.41) is 8.45.